The molecule has 0 aliphatic carbocycles. The Balaban J connectivity index is 2.00. The van der Waals surface area contributed by atoms with Gasteiger partial charge in [-0.15, -0.1) is 4.48 Å². The molecule has 158 valence electrons. The minimum Gasteiger partial charge on any atom is -0.390 e. The predicted molar refractivity (Wildman–Crippen MR) is 116 cm³/mol. The fourth-order valence-electron chi connectivity index (χ4n) is 3.74. The van der Waals surface area contributed by atoms with E-state index in [1.165, 1.54) is 11.1 Å². The Morgan fingerprint density at radius 2 is 1.24 bits per heavy atom. The first-order valence-electron chi connectivity index (χ1n) is 10.3. The van der Waals surface area contributed by atoms with Crippen molar-refractivity contribution in [3.05, 3.63) is 70.8 Å². The SMILES string of the molecule is CC(C)(C)c1ccc(C(c2ccc(C(C)(C)C)cc2)N2C[C@@H](O)CN(F)N2)cc1. The number of halogens is 1. The molecule has 0 spiro atoms. The van der Waals surface area contributed by atoms with E-state index in [4.69, 9.17) is 0 Å². The van der Waals surface area contributed by atoms with Crippen molar-refractivity contribution < 1.29 is 9.59 Å². The number of aliphatic hydroxyl groups is 1. The Bertz CT molecular complexity index is 739. The van der Waals surface area contributed by atoms with Crippen LogP contribution in [-0.4, -0.2) is 34.5 Å². The maximum Gasteiger partial charge on any atom is 0.0850 e. The number of β-amino-alcohol motifs (C(OH)–C–C–N with tert-alkyl or cyclic N) is 1. The maximum absolute atomic E-state index is 14.0. The quantitative estimate of drug-likeness (QED) is 0.737. The smallest absolute Gasteiger partial charge is 0.0850 e. The van der Waals surface area contributed by atoms with E-state index in [-0.39, 0.29) is 23.4 Å². The second kappa shape index (κ2) is 8.15. The second-order valence-electron chi connectivity index (χ2n) is 10.1. The van der Waals surface area contributed by atoms with Gasteiger partial charge in [-0.3, -0.25) is 0 Å². The first-order chi connectivity index (χ1) is 13.4. The zero-order valence-electron chi connectivity index (χ0n) is 18.4. The average Bonchev–Trinajstić information content (AvgIpc) is 2.60. The molecule has 1 atom stereocenters. The summed E-state index contributed by atoms with van der Waals surface area (Å²) in [5.74, 6) is 0. The molecule has 0 bridgehead atoms. The molecule has 1 saturated heterocycles. The maximum atomic E-state index is 14.0. The van der Waals surface area contributed by atoms with Gasteiger partial charge < -0.3 is 5.11 Å². The molecule has 1 heterocycles. The van der Waals surface area contributed by atoms with Gasteiger partial charge in [0, 0.05) is 6.54 Å². The number of hydrazine groups is 2. The van der Waals surface area contributed by atoms with Crippen LogP contribution in [0.3, 0.4) is 0 Å². The predicted octanol–water partition coefficient (Wildman–Crippen LogP) is 4.65. The Labute approximate surface area is 174 Å². The van der Waals surface area contributed by atoms with Gasteiger partial charge in [0.1, 0.15) is 0 Å². The van der Waals surface area contributed by atoms with Gasteiger partial charge in [-0.25, -0.2) is 5.01 Å². The molecule has 1 fully saturated rings. The Morgan fingerprint density at radius 1 is 0.828 bits per heavy atom. The summed E-state index contributed by atoms with van der Waals surface area (Å²) < 4.78 is 14.0. The average molecular weight is 400 g/mol. The van der Waals surface area contributed by atoms with Crippen molar-refractivity contribution in [3.63, 3.8) is 0 Å². The number of nitrogens with zero attached hydrogens (tertiary/aromatic N) is 2. The molecule has 2 aromatic rings. The summed E-state index contributed by atoms with van der Waals surface area (Å²) >= 11 is 0. The summed E-state index contributed by atoms with van der Waals surface area (Å²) in [6, 6.07) is 16.8. The van der Waals surface area contributed by atoms with Gasteiger partial charge in [0.15, 0.2) is 0 Å². The Morgan fingerprint density at radius 3 is 1.59 bits per heavy atom. The van der Waals surface area contributed by atoms with Gasteiger partial charge in [-0.1, -0.05) is 95.3 Å². The van der Waals surface area contributed by atoms with E-state index >= 15 is 0 Å². The molecule has 0 unspecified atom stereocenters. The Hall–Kier alpha value is -1.79. The van der Waals surface area contributed by atoms with E-state index < -0.39 is 6.10 Å². The van der Waals surface area contributed by atoms with Crippen LogP contribution in [0.15, 0.2) is 48.5 Å². The van der Waals surface area contributed by atoms with Crippen molar-refractivity contribution in [1.29, 1.82) is 0 Å². The summed E-state index contributed by atoms with van der Waals surface area (Å²) in [7, 11) is 0. The van der Waals surface area contributed by atoms with Crippen LogP contribution < -0.4 is 5.53 Å². The van der Waals surface area contributed by atoms with Crippen molar-refractivity contribution in [1.82, 2.24) is 15.8 Å². The van der Waals surface area contributed by atoms with Crippen LogP contribution in [0.5, 0.6) is 0 Å². The molecule has 0 aromatic heterocycles. The van der Waals surface area contributed by atoms with Crippen molar-refractivity contribution in [2.75, 3.05) is 13.1 Å². The largest absolute Gasteiger partial charge is 0.390 e. The van der Waals surface area contributed by atoms with Crippen LogP contribution in [0.4, 0.5) is 4.48 Å². The van der Waals surface area contributed by atoms with Crippen LogP contribution in [0.1, 0.15) is 69.8 Å². The molecule has 2 aromatic carbocycles. The van der Waals surface area contributed by atoms with Gasteiger partial charge in [-0.05, 0) is 33.1 Å². The monoisotopic (exact) mass is 399 g/mol. The van der Waals surface area contributed by atoms with Crippen molar-refractivity contribution in [2.24, 2.45) is 0 Å². The third-order valence-corrected chi connectivity index (χ3v) is 5.51. The van der Waals surface area contributed by atoms with Gasteiger partial charge in [0.05, 0.1) is 18.7 Å². The lowest BCUT2D eigenvalue weighted by atomic mass is 9.84. The van der Waals surface area contributed by atoms with Crippen LogP contribution in [-0.2, 0) is 10.8 Å². The van der Waals surface area contributed by atoms with Gasteiger partial charge >= 0.3 is 0 Å². The second-order valence-corrected chi connectivity index (χ2v) is 10.1. The molecule has 4 nitrogen and oxygen atoms in total. The molecule has 0 saturated carbocycles. The zero-order valence-corrected chi connectivity index (χ0v) is 18.4. The molecule has 1 aliphatic heterocycles. The fraction of sp³-hybridized carbons (Fsp3) is 0.500. The highest BCUT2D eigenvalue weighted by atomic mass is 19.2. The van der Waals surface area contributed by atoms with E-state index in [2.05, 4.69) is 95.6 Å². The van der Waals surface area contributed by atoms with Gasteiger partial charge in [-0.2, -0.15) is 5.53 Å². The van der Waals surface area contributed by atoms with Crippen LogP contribution in [0.2, 0.25) is 0 Å². The number of hydrogen-bond donors (Lipinski definition) is 2. The molecule has 1 aliphatic rings. The van der Waals surface area contributed by atoms with E-state index in [0.29, 0.717) is 11.8 Å². The molecule has 3 rings (SSSR count). The van der Waals surface area contributed by atoms with Gasteiger partial charge in [0.25, 0.3) is 0 Å². The highest BCUT2D eigenvalue weighted by molar-refractivity contribution is 5.37. The first-order valence-corrected chi connectivity index (χ1v) is 10.3. The standard InChI is InChI=1S/C24H34FN3O/c1-23(2,3)19-11-7-17(8-12-19)22(27-15-21(29)16-28(25)26-27)18-9-13-20(14-10-18)24(4,5)6/h7-14,21-22,26,29H,15-16H2,1-6H3/t21-/m1/s1. The topological polar surface area (TPSA) is 38.7 Å². The molecule has 5 heteroatoms. The van der Waals surface area contributed by atoms with Crippen LogP contribution >= 0.6 is 0 Å². The molecular weight excluding hydrogens is 365 g/mol. The minimum atomic E-state index is -0.758. The lowest BCUT2D eigenvalue weighted by Gasteiger charge is -2.39. The van der Waals surface area contributed by atoms with E-state index in [9.17, 15) is 9.59 Å². The van der Waals surface area contributed by atoms with Crippen molar-refractivity contribution >= 4 is 0 Å². The summed E-state index contributed by atoms with van der Waals surface area (Å²) in [4.78, 5) is 0. The van der Waals surface area contributed by atoms with Crippen LogP contribution in [0, 0.1) is 0 Å². The summed E-state index contributed by atoms with van der Waals surface area (Å²) in [5.41, 5.74) is 7.52. The zero-order chi connectivity index (χ0) is 21.4. The summed E-state index contributed by atoms with van der Waals surface area (Å²) in [5, 5.41) is 12.4. The lowest BCUT2D eigenvalue weighted by Crippen LogP contribution is -2.58. The highest BCUT2D eigenvalue weighted by Crippen LogP contribution is 2.32. The summed E-state index contributed by atoms with van der Waals surface area (Å²) in [6.07, 6.45) is -0.758. The third kappa shape index (κ3) is 5.23. The lowest BCUT2D eigenvalue weighted by molar-refractivity contribution is -0.180. The first kappa shape index (κ1) is 21.9. The van der Waals surface area contributed by atoms with E-state index in [0.717, 1.165) is 11.1 Å². The number of rotatable bonds is 3. The number of aliphatic hydroxyl groups excluding tert-OH is 1. The fourth-order valence-corrected chi connectivity index (χ4v) is 3.74. The summed E-state index contributed by atoms with van der Waals surface area (Å²) in [6.45, 7) is 13.4. The Kier molecular flexibility index (Phi) is 6.16. The highest BCUT2D eigenvalue weighted by Gasteiger charge is 2.31. The molecule has 0 radical (unpaired) electrons. The third-order valence-electron chi connectivity index (χ3n) is 5.51. The van der Waals surface area contributed by atoms with Crippen LogP contribution in [0.25, 0.3) is 0 Å². The van der Waals surface area contributed by atoms with E-state index in [1.807, 2.05) is 0 Å². The minimum absolute atomic E-state index is 0.0465. The molecule has 0 amide bonds. The molecule has 29 heavy (non-hydrogen) atoms. The number of benzene rings is 2. The molecular formula is C24H34FN3O. The van der Waals surface area contributed by atoms with E-state index in [1.54, 1.807) is 5.01 Å². The number of hydrogen-bond acceptors (Lipinski definition) is 4. The van der Waals surface area contributed by atoms with Gasteiger partial charge in [0.2, 0.25) is 0 Å². The normalized spacial score (nSPS) is 19.7. The van der Waals surface area contributed by atoms with Crippen molar-refractivity contribution in [2.45, 2.75) is 64.5 Å². The molecule has 2 N–H and O–H groups in total. The van der Waals surface area contributed by atoms with Crippen molar-refractivity contribution in [3.8, 4) is 0 Å². The number of nitrogens with one attached hydrogen (secondary N) is 1.